The molecule has 1 amide bonds. The summed E-state index contributed by atoms with van der Waals surface area (Å²) in [5.74, 6) is 3.86. The number of hydrazine groups is 1. The van der Waals surface area contributed by atoms with Gasteiger partial charge in [-0.05, 0) is 4.92 Å². The predicted molar refractivity (Wildman–Crippen MR) is 57.1 cm³/mol. The Labute approximate surface area is 101 Å². The number of halogens is 1. The minimum absolute atomic E-state index is 0.0435. The molecule has 0 aliphatic carbocycles. The fourth-order valence-electron chi connectivity index (χ4n) is 1.17. The summed E-state index contributed by atoms with van der Waals surface area (Å²) in [4.78, 5) is 21.2. The van der Waals surface area contributed by atoms with Gasteiger partial charge in [0.15, 0.2) is 11.1 Å². The van der Waals surface area contributed by atoms with Gasteiger partial charge in [0.05, 0.1) is 17.9 Å². The van der Waals surface area contributed by atoms with Crippen LogP contribution in [0.2, 0.25) is 5.02 Å². The Morgan fingerprint density at radius 2 is 2.53 bits per heavy atom. The standard InChI is InChI=1S/C7H10ClN5O4/c1-17-3-5(7(14)10-9)12-2-4(8)6(11-12)13(15)16/h2,5H,3,9H2,1H3,(H,10,14). The Hall–Kier alpha value is -1.71. The lowest BCUT2D eigenvalue weighted by molar-refractivity contribution is -0.389. The van der Waals surface area contributed by atoms with E-state index in [4.69, 9.17) is 22.2 Å². The summed E-state index contributed by atoms with van der Waals surface area (Å²) in [5, 5.41) is 14.0. The third-order valence-corrected chi connectivity index (χ3v) is 2.20. The maximum atomic E-state index is 11.4. The van der Waals surface area contributed by atoms with E-state index in [2.05, 4.69) is 5.10 Å². The Morgan fingerprint density at radius 3 is 2.94 bits per heavy atom. The lowest BCUT2D eigenvalue weighted by Crippen LogP contribution is -2.39. The number of nitrogens with two attached hydrogens (primary N) is 1. The highest BCUT2D eigenvalue weighted by atomic mass is 35.5. The van der Waals surface area contributed by atoms with Gasteiger partial charge in [0, 0.05) is 7.11 Å². The molecule has 0 aromatic carbocycles. The van der Waals surface area contributed by atoms with Crippen LogP contribution in [0.5, 0.6) is 0 Å². The van der Waals surface area contributed by atoms with E-state index in [1.165, 1.54) is 13.3 Å². The van der Waals surface area contributed by atoms with E-state index < -0.39 is 22.7 Å². The highest BCUT2D eigenvalue weighted by molar-refractivity contribution is 6.32. The number of carbonyl (C=O) groups is 1. The van der Waals surface area contributed by atoms with Gasteiger partial charge in [0.25, 0.3) is 5.91 Å². The molecule has 1 aromatic rings. The van der Waals surface area contributed by atoms with Gasteiger partial charge in [-0.1, -0.05) is 11.6 Å². The van der Waals surface area contributed by atoms with Crippen molar-refractivity contribution in [2.24, 2.45) is 5.84 Å². The molecule has 0 aliphatic heterocycles. The number of nitro groups is 1. The molecule has 1 rings (SSSR count). The van der Waals surface area contributed by atoms with Crippen molar-refractivity contribution in [3.63, 3.8) is 0 Å². The SMILES string of the molecule is COCC(C(=O)NN)n1cc(Cl)c([N+](=O)[O-])n1. The number of nitrogens with zero attached hydrogens (tertiary/aromatic N) is 3. The van der Waals surface area contributed by atoms with Crippen LogP contribution in [0.1, 0.15) is 6.04 Å². The topological polar surface area (TPSA) is 125 Å². The van der Waals surface area contributed by atoms with Crippen LogP contribution in [0.25, 0.3) is 0 Å². The molecule has 0 aliphatic rings. The summed E-state index contributed by atoms with van der Waals surface area (Å²) in [6.45, 7) is -0.0435. The Balaban J connectivity index is 3.06. The second-order valence-electron chi connectivity index (χ2n) is 3.02. The largest absolute Gasteiger partial charge is 0.408 e. The number of aromatic nitrogens is 2. The van der Waals surface area contributed by atoms with E-state index in [-0.39, 0.29) is 11.6 Å². The molecule has 0 bridgehead atoms. The summed E-state index contributed by atoms with van der Waals surface area (Å²) in [7, 11) is 1.37. The zero-order chi connectivity index (χ0) is 13.0. The number of rotatable bonds is 5. The van der Waals surface area contributed by atoms with Crippen LogP contribution in [0.4, 0.5) is 5.82 Å². The molecular weight excluding hydrogens is 254 g/mol. The highest BCUT2D eigenvalue weighted by Gasteiger charge is 2.28. The van der Waals surface area contributed by atoms with Crippen molar-refractivity contribution in [3.8, 4) is 0 Å². The van der Waals surface area contributed by atoms with Gasteiger partial charge < -0.3 is 14.9 Å². The maximum Gasteiger partial charge on any atom is 0.408 e. The first-order chi connectivity index (χ1) is 8.01. The van der Waals surface area contributed by atoms with Gasteiger partial charge in [0.1, 0.15) is 0 Å². The van der Waals surface area contributed by atoms with Crippen molar-refractivity contribution < 1.29 is 14.5 Å². The Kier molecular flexibility index (Phi) is 4.37. The summed E-state index contributed by atoms with van der Waals surface area (Å²) in [6.07, 6.45) is 1.17. The number of hydrogen-bond acceptors (Lipinski definition) is 6. The number of ether oxygens (including phenoxy) is 1. The molecule has 94 valence electrons. The van der Waals surface area contributed by atoms with Crippen molar-refractivity contribution in [2.45, 2.75) is 6.04 Å². The van der Waals surface area contributed by atoms with Crippen LogP contribution in [-0.2, 0) is 9.53 Å². The maximum absolute atomic E-state index is 11.4. The number of carbonyl (C=O) groups excluding carboxylic acids is 1. The van der Waals surface area contributed by atoms with Crippen LogP contribution in [0.3, 0.4) is 0 Å². The van der Waals surface area contributed by atoms with Gasteiger partial charge in [-0.25, -0.2) is 5.84 Å². The van der Waals surface area contributed by atoms with Crippen molar-refractivity contribution in [1.29, 1.82) is 0 Å². The monoisotopic (exact) mass is 263 g/mol. The summed E-state index contributed by atoms with van der Waals surface area (Å²) >= 11 is 5.60. The molecule has 3 N–H and O–H groups in total. The zero-order valence-corrected chi connectivity index (χ0v) is 9.55. The smallest absolute Gasteiger partial charge is 0.382 e. The molecule has 0 spiro atoms. The van der Waals surface area contributed by atoms with Crippen molar-refractivity contribution in [2.75, 3.05) is 13.7 Å². The van der Waals surface area contributed by atoms with Crippen LogP contribution >= 0.6 is 11.6 Å². The van der Waals surface area contributed by atoms with Crippen LogP contribution in [0, 0.1) is 10.1 Å². The molecule has 10 heteroatoms. The van der Waals surface area contributed by atoms with E-state index in [1.807, 2.05) is 5.43 Å². The van der Waals surface area contributed by atoms with Crippen molar-refractivity contribution in [1.82, 2.24) is 15.2 Å². The molecule has 0 radical (unpaired) electrons. The molecule has 1 atom stereocenters. The minimum atomic E-state index is -0.920. The first kappa shape index (κ1) is 13.4. The van der Waals surface area contributed by atoms with E-state index in [0.29, 0.717) is 0 Å². The lowest BCUT2D eigenvalue weighted by Gasteiger charge is -2.11. The van der Waals surface area contributed by atoms with Gasteiger partial charge in [0.2, 0.25) is 0 Å². The van der Waals surface area contributed by atoms with Crippen LogP contribution < -0.4 is 11.3 Å². The second kappa shape index (κ2) is 5.57. The Bertz CT molecular complexity index is 434. The van der Waals surface area contributed by atoms with Gasteiger partial charge in [-0.15, -0.1) is 0 Å². The quantitative estimate of drug-likeness (QED) is 0.323. The average molecular weight is 264 g/mol. The van der Waals surface area contributed by atoms with E-state index in [0.717, 1.165) is 4.68 Å². The van der Waals surface area contributed by atoms with Crippen molar-refractivity contribution >= 4 is 23.3 Å². The van der Waals surface area contributed by atoms with E-state index in [1.54, 1.807) is 0 Å². The number of amides is 1. The summed E-state index contributed by atoms with van der Waals surface area (Å²) in [5.41, 5.74) is 1.91. The minimum Gasteiger partial charge on any atom is -0.382 e. The first-order valence-corrected chi connectivity index (χ1v) is 4.77. The fraction of sp³-hybridized carbons (Fsp3) is 0.429. The van der Waals surface area contributed by atoms with Gasteiger partial charge >= 0.3 is 5.82 Å². The second-order valence-corrected chi connectivity index (χ2v) is 3.42. The third-order valence-electron chi connectivity index (χ3n) is 1.93. The average Bonchev–Trinajstić information content (AvgIpc) is 2.67. The molecule has 0 saturated heterocycles. The van der Waals surface area contributed by atoms with E-state index in [9.17, 15) is 14.9 Å². The number of hydrogen-bond donors (Lipinski definition) is 2. The third kappa shape index (κ3) is 2.90. The Morgan fingerprint density at radius 1 is 1.88 bits per heavy atom. The van der Waals surface area contributed by atoms with Crippen molar-refractivity contribution in [3.05, 3.63) is 21.3 Å². The molecule has 0 fully saturated rings. The summed E-state index contributed by atoms with van der Waals surface area (Å²) in [6, 6.07) is -0.920. The highest BCUT2D eigenvalue weighted by Crippen LogP contribution is 2.23. The molecule has 17 heavy (non-hydrogen) atoms. The molecule has 9 nitrogen and oxygen atoms in total. The number of methoxy groups -OCH3 is 1. The molecule has 1 unspecified atom stereocenters. The summed E-state index contributed by atoms with van der Waals surface area (Å²) < 4.78 is 5.83. The van der Waals surface area contributed by atoms with Gasteiger partial charge in [-0.3, -0.25) is 10.2 Å². The molecule has 1 heterocycles. The fourth-order valence-corrected chi connectivity index (χ4v) is 1.38. The molecular formula is C7H10ClN5O4. The van der Waals surface area contributed by atoms with Crippen LogP contribution in [0.15, 0.2) is 6.20 Å². The van der Waals surface area contributed by atoms with Crippen LogP contribution in [-0.4, -0.2) is 34.3 Å². The van der Waals surface area contributed by atoms with E-state index >= 15 is 0 Å². The molecule has 1 aromatic heterocycles. The zero-order valence-electron chi connectivity index (χ0n) is 8.79. The normalized spacial score (nSPS) is 12.2. The van der Waals surface area contributed by atoms with Gasteiger partial charge in [-0.2, -0.15) is 4.68 Å². The predicted octanol–water partition coefficient (Wildman–Crippen LogP) is -0.378. The first-order valence-electron chi connectivity index (χ1n) is 4.39. The molecule has 0 saturated carbocycles. The number of nitrogens with one attached hydrogen (secondary N) is 1. The lowest BCUT2D eigenvalue weighted by atomic mass is 10.3.